The van der Waals surface area contributed by atoms with E-state index in [4.69, 9.17) is 9.15 Å². The highest BCUT2D eigenvalue weighted by molar-refractivity contribution is 5.94. The fourth-order valence-electron chi connectivity index (χ4n) is 3.50. The van der Waals surface area contributed by atoms with E-state index in [0.717, 1.165) is 43.5 Å². The molecule has 1 aromatic heterocycles. The summed E-state index contributed by atoms with van der Waals surface area (Å²) in [5, 5.41) is 10.8. The number of aromatic nitrogens is 2. The molecule has 0 spiro atoms. The molecule has 0 saturated carbocycles. The monoisotopic (exact) mass is 337 g/mol. The maximum absolute atomic E-state index is 5.95. The van der Waals surface area contributed by atoms with Gasteiger partial charge in [-0.3, -0.25) is 4.90 Å². The molecule has 2 aromatic carbocycles. The number of ether oxygens (including phenoxy) is 1. The SMILES string of the molecule is CN(Cc1nnc(-c2cccc3ccccc23)o1)CC1CCOCC1. The number of benzene rings is 2. The molecular formula is C20H23N3O2. The van der Waals surface area contributed by atoms with Gasteiger partial charge >= 0.3 is 0 Å². The highest BCUT2D eigenvalue weighted by Gasteiger charge is 2.18. The molecule has 2 heterocycles. The van der Waals surface area contributed by atoms with E-state index in [1.165, 1.54) is 5.39 Å². The van der Waals surface area contributed by atoms with Crippen LogP contribution in [0.3, 0.4) is 0 Å². The maximum atomic E-state index is 5.95. The lowest BCUT2D eigenvalue weighted by Crippen LogP contribution is -2.29. The lowest BCUT2D eigenvalue weighted by atomic mass is 10.00. The van der Waals surface area contributed by atoms with E-state index in [1.54, 1.807) is 0 Å². The van der Waals surface area contributed by atoms with E-state index in [2.05, 4.69) is 40.3 Å². The summed E-state index contributed by atoms with van der Waals surface area (Å²) in [7, 11) is 2.11. The molecule has 1 aliphatic rings. The third kappa shape index (κ3) is 3.72. The topological polar surface area (TPSA) is 51.4 Å². The summed E-state index contributed by atoms with van der Waals surface area (Å²) in [6.45, 7) is 3.47. The number of rotatable bonds is 5. The summed E-state index contributed by atoms with van der Waals surface area (Å²) in [4.78, 5) is 2.26. The smallest absolute Gasteiger partial charge is 0.248 e. The molecule has 1 fully saturated rings. The molecule has 130 valence electrons. The molecule has 0 unspecified atom stereocenters. The molecule has 5 nitrogen and oxygen atoms in total. The minimum atomic E-state index is 0.589. The lowest BCUT2D eigenvalue weighted by Gasteiger charge is -2.26. The first-order chi connectivity index (χ1) is 12.3. The second-order valence-corrected chi connectivity index (χ2v) is 6.78. The summed E-state index contributed by atoms with van der Waals surface area (Å²) >= 11 is 0. The standard InChI is InChI=1S/C20H23N3O2/c1-23(13-15-9-11-24-12-10-15)14-19-21-22-20(25-19)18-8-4-6-16-5-2-3-7-17(16)18/h2-8,15H,9-14H2,1H3. The lowest BCUT2D eigenvalue weighted by molar-refractivity contribution is 0.0541. The Morgan fingerprint density at radius 3 is 2.72 bits per heavy atom. The van der Waals surface area contributed by atoms with Crippen LogP contribution in [0.15, 0.2) is 46.9 Å². The second-order valence-electron chi connectivity index (χ2n) is 6.78. The Morgan fingerprint density at radius 1 is 1.04 bits per heavy atom. The highest BCUT2D eigenvalue weighted by atomic mass is 16.5. The van der Waals surface area contributed by atoms with Gasteiger partial charge in [-0.2, -0.15) is 0 Å². The first-order valence-electron chi connectivity index (χ1n) is 8.86. The van der Waals surface area contributed by atoms with Crippen molar-refractivity contribution >= 4 is 10.8 Å². The third-order valence-corrected chi connectivity index (χ3v) is 4.80. The van der Waals surface area contributed by atoms with Crippen LogP contribution in [0.4, 0.5) is 0 Å². The van der Waals surface area contributed by atoms with Crippen LogP contribution in [-0.2, 0) is 11.3 Å². The summed E-state index contributed by atoms with van der Waals surface area (Å²) in [5.74, 6) is 1.95. The van der Waals surface area contributed by atoms with Crippen molar-refractivity contribution in [3.8, 4) is 11.5 Å². The molecule has 0 aliphatic carbocycles. The molecule has 0 amide bonds. The van der Waals surface area contributed by atoms with Gasteiger partial charge in [0.25, 0.3) is 0 Å². The van der Waals surface area contributed by atoms with Gasteiger partial charge in [0.2, 0.25) is 11.8 Å². The number of nitrogens with zero attached hydrogens (tertiary/aromatic N) is 3. The van der Waals surface area contributed by atoms with Gasteiger partial charge in [0, 0.05) is 25.3 Å². The number of hydrogen-bond acceptors (Lipinski definition) is 5. The van der Waals surface area contributed by atoms with E-state index >= 15 is 0 Å². The van der Waals surface area contributed by atoms with Crippen LogP contribution in [0.2, 0.25) is 0 Å². The molecule has 3 aromatic rings. The van der Waals surface area contributed by atoms with Crippen LogP contribution in [0.25, 0.3) is 22.2 Å². The summed E-state index contributed by atoms with van der Waals surface area (Å²) in [6.07, 6.45) is 2.27. The normalized spacial score (nSPS) is 15.9. The number of hydrogen-bond donors (Lipinski definition) is 0. The van der Waals surface area contributed by atoms with Crippen LogP contribution < -0.4 is 0 Å². The van der Waals surface area contributed by atoms with Crippen molar-refractivity contribution < 1.29 is 9.15 Å². The highest BCUT2D eigenvalue weighted by Crippen LogP contribution is 2.27. The summed E-state index contributed by atoms with van der Waals surface area (Å²) < 4.78 is 11.4. The molecule has 0 N–H and O–H groups in total. The van der Waals surface area contributed by atoms with Crippen molar-refractivity contribution in [2.75, 3.05) is 26.8 Å². The van der Waals surface area contributed by atoms with Crippen molar-refractivity contribution in [2.45, 2.75) is 19.4 Å². The Labute approximate surface area is 147 Å². The van der Waals surface area contributed by atoms with Gasteiger partial charge in [-0.1, -0.05) is 36.4 Å². The Kier molecular flexibility index (Phi) is 4.76. The maximum Gasteiger partial charge on any atom is 0.248 e. The Hall–Kier alpha value is -2.24. The minimum Gasteiger partial charge on any atom is -0.419 e. The molecule has 4 rings (SSSR count). The van der Waals surface area contributed by atoms with Crippen molar-refractivity contribution in [2.24, 2.45) is 5.92 Å². The predicted molar refractivity (Wildman–Crippen MR) is 97.1 cm³/mol. The van der Waals surface area contributed by atoms with E-state index in [0.29, 0.717) is 24.2 Å². The second kappa shape index (κ2) is 7.33. The van der Waals surface area contributed by atoms with Gasteiger partial charge in [-0.05, 0) is 42.6 Å². The Morgan fingerprint density at radius 2 is 1.84 bits per heavy atom. The van der Waals surface area contributed by atoms with Crippen LogP contribution in [0.5, 0.6) is 0 Å². The fourth-order valence-corrected chi connectivity index (χ4v) is 3.50. The molecular weight excluding hydrogens is 314 g/mol. The van der Waals surface area contributed by atoms with Gasteiger partial charge < -0.3 is 9.15 Å². The first kappa shape index (κ1) is 16.2. The largest absolute Gasteiger partial charge is 0.419 e. The molecule has 5 heteroatoms. The van der Waals surface area contributed by atoms with E-state index < -0.39 is 0 Å². The van der Waals surface area contributed by atoms with E-state index in [-0.39, 0.29) is 0 Å². The van der Waals surface area contributed by atoms with Crippen LogP contribution in [-0.4, -0.2) is 41.9 Å². The first-order valence-corrected chi connectivity index (χ1v) is 8.86. The zero-order chi connectivity index (χ0) is 17.1. The third-order valence-electron chi connectivity index (χ3n) is 4.80. The van der Waals surface area contributed by atoms with Gasteiger partial charge in [0.05, 0.1) is 6.54 Å². The zero-order valence-corrected chi connectivity index (χ0v) is 14.5. The quantitative estimate of drug-likeness (QED) is 0.710. The Bertz CT molecular complexity index is 834. The average molecular weight is 337 g/mol. The van der Waals surface area contributed by atoms with Crippen LogP contribution in [0, 0.1) is 5.92 Å². The zero-order valence-electron chi connectivity index (χ0n) is 14.5. The van der Waals surface area contributed by atoms with E-state index in [1.807, 2.05) is 24.3 Å². The van der Waals surface area contributed by atoms with Crippen LogP contribution >= 0.6 is 0 Å². The number of fused-ring (bicyclic) bond motifs is 1. The van der Waals surface area contributed by atoms with Crippen molar-refractivity contribution in [1.82, 2.24) is 15.1 Å². The van der Waals surface area contributed by atoms with Gasteiger partial charge in [-0.15, -0.1) is 10.2 Å². The van der Waals surface area contributed by atoms with Gasteiger partial charge in [-0.25, -0.2) is 0 Å². The van der Waals surface area contributed by atoms with Crippen molar-refractivity contribution in [3.63, 3.8) is 0 Å². The molecule has 1 saturated heterocycles. The average Bonchev–Trinajstić information content (AvgIpc) is 3.10. The minimum absolute atomic E-state index is 0.589. The predicted octanol–water partition coefficient (Wildman–Crippen LogP) is 3.75. The van der Waals surface area contributed by atoms with Crippen molar-refractivity contribution in [3.05, 3.63) is 48.4 Å². The summed E-state index contributed by atoms with van der Waals surface area (Å²) in [6, 6.07) is 14.4. The molecule has 0 radical (unpaired) electrons. The molecule has 0 bridgehead atoms. The molecule has 1 aliphatic heterocycles. The molecule has 0 atom stereocenters. The summed E-state index contributed by atoms with van der Waals surface area (Å²) in [5.41, 5.74) is 0.990. The van der Waals surface area contributed by atoms with E-state index in [9.17, 15) is 0 Å². The van der Waals surface area contributed by atoms with Gasteiger partial charge in [0.1, 0.15) is 0 Å². The van der Waals surface area contributed by atoms with Gasteiger partial charge in [0.15, 0.2) is 0 Å². The van der Waals surface area contributed by atoms with Crippen LogP contribution in [0.1, 0.15) is 18.7 Å². The Balaban J connectivity index is 1.48. The fraction of sp³-hybridized carbons (Fsp3) is 0.400. The molecule has 25 heavy (non-hydrogen) atoms. The van der Waals surface area contributed by atoms with Crippen molar-refractivity contribution in [1.29, 1.82) is 0 Å².